The number of aliphatic imine (C=N–C) groups is 1. The zero-order valence-electron chi connectivity index (χ0n) is 14.7. The molecule has 0 spiro atoms. The van der Waals surface area contributed by atoms with Crippen molar-refractivity contribution in [2.75, 3.05) is 0 Å². The molecule has 2 aromatic heterocycles. The number of nitrogens with zero attached hydrogens (tertiary/aromatic N) is 1. The first-order valence-corrected chi connectivity index (χ1v) is 8.39. The van der Waals surface area contributed by atoms with Gasteiger partial charge in [-0.05, 0) is 74.1 Å². The maximum atomic E-state index is 4.92. The molecule has 1 aliphatic heterocycles. The monoisotopic (exact) mass is 307 g/mol. The summed E-state index contributed by atoms with van der Waals surface area (Å²) in [6.07, 6.45) is 6.21. The number of aromatic nitrogens is 2. The molecule has 2 aromatic rings. The van der Waals surface area contributed by atoms with Gasteiger partial charge < -0.3 is 9.97 Å². The summed E-state index contributed by atoms with van der Waals surface area (Å²) >= 11 is 0. The molecule has 120 valence electrons. The Labute approximate surface area is 138 Å². The lowest BCUT2D eigenvalue weighted by Gasteiger charge is -2.02. The molecule has 0 saturated carbocycles. The third kappa shape index (κ3) is 2.61. The highest BCUT2D eigenvalue weighted by molar-refractivity contribution is 6.15. The van der Waals surface area contributed by atoms with E-state index in [0.29, 0.717) is 0 Å². The van der Waals surface area contributed by atoms with Crippen LogP contribution in [0.5, 0.6) is 0 Å². The van der Waals surface area contributed by atoms with Crippen LogP contribution < -0.4 is 0 Å². The molecule has 3 heterocycles. The molecule has 0 aromatic carbocycles. The van der Waals surface area contributed by atoms with Gasteiger partial charge in [0.05, 0.1) is 17.1 Å². The number of nitrogens with one attached hydrogen (secondary N) is 2. The van der Waals surface area contributed by atoms with Crippen LogP contribution >= 0.6 is 0 Å². The van der Waals surface area contributed by atoms with Gasteiger partial charge in [0, 0.05) is 17.6 Å². The fourth-order valence-electron chi connectivity index (χ4n) is 3.54. The Morgan fingerprint density at radius 1 is 1.13 bits per heavy atom. The zero-order chi connectivity index (χ0) is 16.6. The normalized spacial score (nSPS) is 16.6. The molecule has 0 unspecified atom stereocenters. The third-order valence-electron chi connectivity index (χ3n) is 4.82. The lowest BCUT2D eigenvalue weighted by Crippen LogP contribution is -2.00. The van der Waals surface area contributed by atoms with Crippen molar-refractivity contribution in [2.45, 2.75) is 47.5 Å². The number of hydrogen-bond acceptors (Lipinski definition) is 1. The van der Waals surface area contributed by atoms with Crippen LogP contribution in [0, 0.1) is 13.8 Å². The van der Waals surface area contributed by atoms with Crippen molar-refractivity contribution in [3.05, 3.63) is 63.4 Å². The molecule has 23 heavy (non-hydrogen) atoms. The fourth-order valence-corrected chi connectivity index (χ4v) is 3.54. The highest BCUT2D eigenvalue weighted by atomic mass is 14.8. The maximum Gasteiger partial charge on any atom is 0.0904 e. The van der Waals surface area contributed by atoms with Crippen molar-refractivity contribution in [3.63, 3.8) is 0 Å². The molecule has 3 heteroatoms. The number of aromatic amines is 2. The SMILES string of the molecule is CCC1=C(C)C(c2ccc[nH]2)=N/C1=C\c1[nH]c(C)c(CC)c1C. The summed E-state index contributed by atoms with van der Waals surface area (Å²) in [4.78, 5) is 11.7. The first-order chi connectivity index (χ1) is 11.1. The maximum absolute atomic E-state index is 4.92. The second kappa shape index (κ2) is 6.07. The quantitative estimate of drug-likeness (QED) is 0.790. The predicted molar refractivity (Wildman–Crippen MR) is 97.9 cm³/mol. The van der Waals surface area contributed by atoms with Gasteiger partial charge in [-0.2, -0.15) is 0 Å². The van der Waals surface area contributed by atoms with Crippen LogP contribution in [0.25, 0.3) is 6.08 Å². The highest BCUT2D eigenvalue weighted by Gasteiger charge is 2.21. The Morgan fingerprint density at radius 3 is 2.48 bits per heavy atom. The highest BCUT2D eigenvalue weighted by Crippen LogP contribution is 2.32. The molecule has 1 aliphatic rings. The first-order valence-electron chi connectivity index (χ1n) is 8.39. The number of H-pyrrole nitrogens is 2. The minimum atomic E-state index is 0.991. The Bertz CT molecular complexity index is 811. The van der Waals surface area contributed by atoms with E-state index in [9.17, 15) is 0 Å². The van der Waals surface area contributed by atoms with E-state index < -0.39 is 0 Å². The van der Waals surface area contributed by atoms with Gasteiger partial charge >= 0.3 is 0 Å². The predicted octanol–water partition coefficient (Wildman–Crippen LogP) is 5.09. The summed E-state index contributed by atoms with van der Waals surface area (Å²) in [5.74, 6) is 0. The minimum absolute atomic E-state index is 0.991. The van der Waals surface area contributed by atoms with Gasteiger partial charge in [-0.25, -0.2) is 4.99 Å². The molecule has 0 bridgehead atoms. The van der Waals surface area contributed by atoms with E-state index in [0.717, 1.165) is 29.9 Å². The summed E-state index contributed by atoms with van der Waals surface area (Å²) in [7, 11) is 0. The number of aryl methyl sites for hydroxylation is 1. The van der Waals surface area contributed by atoms with E-state index in [2.05, 4.69) is 56.7 Å². The van der Waals surface area contributed by atoms with Crippen LogP contribution in [0.15, 0.2) is 40.2 Å². The van der Waals surface area contributed by atoms with E-state index in [1.165, 1.54) is 33.7 Å². The van der Waals surface area contributed by atoms with Crippen LogP contribution in [-0.2, 0) is 6.42 Å². The van der Waals surface area contributed by atoms with Crippen molar-refractivity contribution in [1.29, 1.82) is 0 Å². The van der Waals surface area contributed by atoms with E-state index in [4.69, 9.17) is 4.99 Å². The number of allylic oxidation sites excluding steroid dienone is 2. The Hall–Kier alpha value is -2.29. The second-order valence-electron chi connectivity index (χ2n) is 6.15. The standard InChI is InChI=1S/C20H25N3/c1-6-15-12(3)18(22-14(15)5)11-19-16(7-2)13(4)20(23-19)17-9-8-10-21-17/h8-11,21-22H,6-7H2,1-5H3/b19-11-. The van der Waals surface area contributed by atoms with E-state index in [1.807, 2.05) is 12.3 Å². The molecular weight excluding hydrogens is 282 g/mol. The van der Waals surface area contributed by atoms with Gasteiger partial charge in [-0.15, -0.1) is 0 Å². The van der Waals surface area contributed by atoms with Crippen LogP contribution in [0.2, 0.25) is 0 Å². The van der Waals surface area contributed by atoms with Crippen molar-refractivity contribution in [3.8, 4) is 0 Å². The minimum Gasteiger partial charge on any atom is -0.360 e. The van der Waals surface area contributed by atoms with Crippen LogP contribution in [0.4, 0.5) is 0 Å². The largest absolute Gasteiger partial charge is 0.360 e. The van der Waals surface area contributed by atoms with Crippen molar-refractivity contribution >= 4 is 11.8 Å². The second-order valence-corrected chi connectivity index (χ2v) is 6.15. The third-order valence-corrected chi connectivity index (χ3v) is 4.82. The van der Waals surface area contributed by atoms with Gasteiger partial charge in [0.2, 0.25) is 0 Å². The summed E-state index contributed by atoms with van der Waals surface area (Å²) in [6, 6.07) is 4.10. The van der Waals surface area contributed by atoms with Gasteiger partial charge in [0.1, 0.15) is 0 Å². The van der Waals surface area contributed by atoms with Crippen LogP contribution in [0.3, 0.4) is 0 Å². The lowest BCUT2D eigenvalue weighted by molar-refractivity contribution is 1.08. The van der Waals surface area contributed by atoms with Crippen molar-refractivity contribution in [2.24, 2.45) is 4.99 Å². The molecule has 2 N–H and O–H groups in total. The molecule has 0 saturated heterocycles. The fraction of sp³-hybridized carbons (Fsp3) is 0.350. The molecule has 0 atom stereocenters. The van der Waals surface area contributed by atoms with Crippen molar-refractivity contribution < 1.29 is 0 Å². The Balaban J connectivity index is 2.09. The van der Waals surface area contributed by atoms with E-state index >= 15 is 0 Å². The van der Waals surface area contributed by atoms with Gasteiger partial charge in [0.25, 0.3) is 0 Å². The molecule has 0 aliphatic carbocycles. The molecular formula is C20H25N3. The summed E-state index contributed by atoms with van der Waals surface area (Å²) < 4.78 is 0. The van der Waals surface area contributed by atoms with Gasteiger partial charge in [-0.3, -0.25) is 0 Å². The van der Waals surface area contributed by atoms with Gasteiger partial charge in [0.15, 0.2) is 0 Å². The van der Waals surface area contributed by atoms with Crippen LogP contribution in [-0.4, -0.2) is 15.7 Å². The topological polar surface area (TPSA) is 43.9 Å². The smallest absolute Gasteiger partial charge is 0.0904 e. The van der Waals surface area contributed by atoms with E-state index in [-0.39, 0.29) is 0 Å². The average Bonchev–Trinajstić information content (AvgIpc) is 3.20. The van der Waals surface area contributed by atoms with Crippen molar-refractivity contribution in [1.82, 2.24) is 9.97 Å². The Morgan fingerprint density at radius 2 is 1.91 bits per heavy atom. The summed E-state index contributed by atoms with van der Waals surface area (Å²) in [5.41, 5.74) is 11.1. The summed E-state index contributed by atoms with van der Waals surface area (Å²) in [6.45, 7) is 10.9. The molecule has 3 nitrogen and oxygen atoms in total. The van der Waals surface area contributed by atoms with Gasteiger partial charge in [-0.1, -0.05) is 13.8 Å². The first kappa shape index (κ1) is 15.6. The molecule has 0 radical (unpaired) electrons. The molecule has 0 amide bonds. The molecule has 0 fully saturated rings. The summed E-state index contributed by atoms with van der Waals surface area (Å²) in [5, 5.41) is 0. The number of hydrogen-bond donors (Lipinski definition) is 2. The zero-order valence-corrected chi connectivity index (χ0v) is 14.7. The van der Waals surface area contributed by atoms with Crippen LogP contribution in [0.1, 0.15) is 55.4 Å². The number of rotatable bonds is 4. The lowest BCUT2D eigenvalue weighted by atomic mass is 10.0. The van der Waals surface area contributed by atoms with E-state index in [1.54, 1.807) is 0 Å². The molecule has 3 rings (SSSR count). The average molecular weight is 307 g/mol. The Kier molecular flexibility index (Phi) is 4.12.